The lowest BCUT2D eigenvalue weighted by Gasteiger charge is -2.31. The molecule has 0 aliphatic heterocycles. The third-order valence-electron chi connectivity index (χ3n) is 4.42. The van der Waals surface area contributed by atoms with Crippen molar-refractivity contribution in [2.24, 2.45) is 11.3 Å². The van der Waals surface area contributed by atoms with E-state index in [2.05, 4.69) is 57.4 Å². The predicted octanol–water partition coefficient (Wildman–Crippen LogP) is 5.33. The molecular formula is C17H25ClN2. The van der Waals surface area contributed by atoms with Crippen molar-refractivity contribution in [1.29, 1.82) is 0 Å². The SMILES string of the molecule is Cc1ccc2c(c1)nc(C(C)Cl)n2CC(C)(C)C(C)C. The van der Waals surface area contributed by atoms with Gasteiger partial charge >= 0.3 is 0 Å². The molecule has 0 N–H and O–H groups in total. The van der Waals surface area contributed by atoms with E-state index in [4.69, 9.17) is 16.6 Å². The molecule has 0 saturated heterocycles. The number of hydrogen-bond acceptors (Lipinski definition) is 1. The summed E-state index contributed by atoms with van der Waals surface area (Å²) >= 11 is 6.34. The monoisotopic (exact) mass is 292 g/mol. The van der Waals surface area contributed by atoms with Gasteiger partial charge in [0.15, 0.2) is 0 Å². The van der Waals surface area contributed by atoms with Crippen molar-refractivity contribution in [3.8, 4) is 0 Å². The summed E-state index contributed by atoms with van der Waals surface area (Å²) in [6.45, 7) is 14.2. The molecule has 110 valence electrons. The lowest BCUT2D eigenvalue weighted by molar-refractivity contribution is 0.210. The largest absolute Gasteiger partial charge is 0.326 e. The Morgan fingerprint density at radius 3 is 2.45 bits per heavy atom. The Balaban J connectivity index is 2.57. The number of benzene rings is 1. The Kier molecular flexibility index (Phi) is 4.15. The summed E-state index contributed by atoms with van der Waals surface area (Å²) in [4.78, 5) is 4.75. The van der Waals surface area contributed by atoms with E-state index in [0.717, 1.165) is 17.9 Å². The van der Waals surface area contributed by atoms with Crippen LogP contribution in [0.15, 0.2) is 18.2 Å². The second kappa shape index (κ2) is 5.40. The van der Waals surface area contributed by atoms with Gasteiger partial charge in [0.05, 0.1) is 16.4 Å². The van der Waals surface area contributed by atoms with Gasteiger partial charge in [-0.15, -0.1) is 11.6 Å². The van der Waals surface area contributed by atoms with Crippen LogP contribution in [0.4, 0.5) is 0 Å². The maximum atomic E-state index is 6.34. The molecule has 2 nitrogen and oxygen atoms in total. The quantitative estimate of drug-likeness (QED) is 0.697. The fourth-order valence-electron chi connectivity index (χ4n) is 2.32. The number of fused-ring (bicyclic) bond motifs is 1. The zero-order valence-electron chi connectivity index (χ0n) is 13.4. The third kappa shape index (κ3) is 2.85. The minimum Gasteiger partial charge on any atom is -0.326 e. The molecule has 0 aliphatic rings. The Labute approximate surface area is 127 Å². The topological polar surface area (TPSA) is 17.8 Å². The summed E-state index contributed by atoms with van der Waals surface area (Å²) in [6.07, 6.45) is 0. The van der Waals surface area contributed by atoms with E-state index in [1.165, 1.54) is 11.1 Å². The standard InChI is InChI=1S/C17H25ClN2/c1-11(2)17(5,6)10-20-15-8-7-12(3)9-14(15)19-16(20)13(4)18/h7-9,11,13H,10H2,1-6H3. The van der Waals surface area contributed by atoms with Gasteiger partial charge < -0.3 is 4.57 Å². The van der Waals surface area contributed by atoms with Gasteiger partial charge in [0, 0.05) is 6.54 Å². The molecule has 2 rings (SSSR count). The summed E-state index contributed by atoms with van der Waals surface area (Å²) < 4.78 is 2.30. The molecule has 0 fully saturated rings. The highest BCUT2D eigenvalue weighted by atomic mass is 35.5. The van der Waals surface area contributed by atoms with Gasteiger partial charge in [0.25, 0.3) is 0 Å². The van der Waals surface area contributed by atoms with E-state index >= 15 is 0 Å². The zero-order valence-corrected chi connectivity index (χ0v) is 14.1. The molecule has 1 aromatic heterocycles. The molecule has 20 heavy (non-hydrogen) atoms. The van der Waals surface area contributed by atoms with E-state index < -0.39 is 0 Å². The van der Waals surface area contributed by atoms with E-state index in [0.29, 0.717) is 5.92 Å². The number of aryl methyl sites for hydroxylation is 1. The molecule has 0 bridgehead atoms. The normalized spacial score (nSPS) is 14.2. The first-order chi connectivity index (χ1) is 9.22. The smallest absolute Gasteiger partial charge is 0.127 e. The first-order valence-electron chi connectivity index (χ1n) is 7.33. The van der Waals surface area contributed by atoms with Crippen molar-refractivity contribution in [2.45, 2.75) is 53.5 Å². The first-order valence-corrected chi connectivity index (χ1v) is 7.77. The van der Waals surface area contributed by atoms with E-state index in [1.54, 1.807) is 0 Å². The van der Waals surface area contributed by atoms with Gasteiger partial charge in [-0.1, -0.05) is 33.8 Å². The van der Waals surface area contributed by atoms with Crippen molar-refractivity contribution in [1.82, 2.24) is 9.55 Å². The van der Waals surface area contributed by atoms with Gasteiger partial charge in [0.2, 0.25) is 0 Å². The number of alkyl halides is 1. The van der Waals surface area contributed by atoms with Gasteiger partial charge in [-0.25, -0.2) is 4.98 Å². The fourth-order valence-corrected chi connectivity index (χ4v) is 2.48. The first kappa shape index (κ1) is 15.4. The van der Waals surface area contributed by atoms with Crippen molar-refractivity contribution in [3.05, 3.63) is 29.6 Å². The molecule has 1 heterocycles. The van der Waals surface area contributed by atoms with E-state index in [9.17, 15) is 0 Å². The molecule has 0 radical (unpaired) electrons. The predicted molar refractivity (Wildman–Crippen MR) is 87.4 cm³/mol. The van der Waals surface area contributed by atoms with Crippen LogP contribution in [0.2, 0.25) is 0 Å². The van der Waals surface area contributed by atoms with Gasteiger partial charge in [-0.3, -0.25) is 0 Å². The molecule has 0 amide bonds. The van der Waals surface area contributed by atoms with Crippen LogP contribution in [0.25, 0.3) is 11.0 Å². The van der Waals surface area contributed by atoms with Gasteiger partial charge in [-0.05, 0) is 42.9 Å². The van der Waals surface area contributed by atoms with Crippen LogP contribution in [0.1, 0.15) is 51.4 Å². The fraction of sp³-hybridized carbons (Fsp3) is 0.588. The zero-order chi connectivity index (χ0) is 15.1. The summed E-state index contributed by atoms with van der Waals surface area (Å²) in [5, 5.41) is -0.0781. The Morgan fingerprint density at radius 2 is 1.90 bits per heavy atom. The minimum atomic E-state index is -0.0781. The maximum absolute atomic E-state index is 6.34. The van der Waals surface area contributed by atoms with Crippen LogP contribution in [-0.4, -0.2) is 9.55 Å². The number of hydrogen-bond donors (Lipinski definition) is 0. The Morgan fingerprint density at radius 1 is 1.25 bits per heavy atom. The highest BCUT2D eigenvalue weighted by Crippen LogP contribution is 2.33. The van der Waals surface area contributed by atoms with Gasteiger partial charge in [0.1, 0.15) is 5.82 Å². The molecule has 1 unspecified atom stereocenters. The van der Waals surface area contributed by atoms with Crippen LogP contribution in [-0.2, 0) is 6.54 Å². The number of aromatic nitrogens is 2. The average molecular weight is 293 g/mol. The number of imidazole rings is 1. The van der Waals surface area contributed by atoms with Crippen LogP contribution in [0.5, 0.6) is 0 Å². The molecule has 2 aromatic rings. The van der Waals surface area contributed by atoms with E-state index in [-0.39, 0.29) is 10.8 Å². The molecule has 1 aromatic carbocycles. The second-order valence-electron chi connectivity index (χ2n) is 6.81. The lowest BCUT2D eigenvalue weighted by atomic mass is 9.81. The highest BCUT2D eigenvalue weighted by Gasteiger charge is 2.26. The molecule has 0 aliphatic carbocycles. The van der Waals surface area contributed by atoms with E-state index in [1.807, 2.05) is 6.92 Å². The van der Waals surface area contributed by atoms with Gasteiger partial charge in [-0.2, -0.15) is 0 Å². The lowest BCUT2D eigenvalue weighted by Crippen LogP contribution is -2.26. The Bertz CT molecular complexity index is 609. The number of nitrogens with zero attached hydrogens (tertiary/aromatic N) is 2. The van der Waals surface area contributed by atoms with Crippen molar-refractivity contribution >= 4 is 22.6 Å². The molecule has 0 spiro atoms. The Hall–Kier alpha value is -1.02. The molecule has 1 atom stereocenters. The van der Waals surface area contributed by atoms with Crippen LogP contribution >= 0.6 is 11.6 Å². The summed E-state index contributed by atoms with van der Waals surface area (Å²) in [5.74, 6) is 1.57. The van der Waals surface area contributed by atoms with Crippen molar-refractivity contribution in [2.75, 3.05) is 0 Å². The highest BCUT2D eigenvalue weighted by molar-refractivity contribution is 6.20. The average Bonchev–Trinajstić information content (AvgIpc) is 2.66. The second-order valence-corrected chi connectivity index (χ2v) is 7.46. The third-order valence-corrected chi connectivity index (χ3v) is 4.61. The van der Waals surface area contributed by atoms with Crippen molar-refractivity contribution in [3.63, 3.8) is 0 Å². The van der Waals surface area contributed by atoms with Crippen molar-refractivity contribution < 1.29 is 0 Å². The van der Waals surface area contributed by atoms with Crippen LogP contribution < -0.4 is 0 Å². The summed E-state index contributed by atoms with van der Waals surface area (Å²) in [7, 11) is 0. The number of halogens is 1. The molecule has 3 heteroatoms. The molecular weight excluding hydrogens is 268 g/mol. The maximum Gasteiger partial charge on any atom is 0.127 e. The van der Waals surface area contributed by atoms with Crippen LogP contribution in [0, 0.1) is 18.3 Å². The summed E-state index contributed by atoms with van der Waals surface area (Å²) in [5.41, 5.74) is 3.68. The molecule has 0 saturated carbocycles. The van der Waals surface area contributed by atoms with Crippen LogP contribution in [0.3, 0.4) is 0 Å². The number of rotatable bonds is 4. The minimum absolute atomic E-state index is 0.0781. The summed E-state index contributed by atoms with van der Waals surface area (Å²) in [6, 6.07) is 6.44.